The molecule has 138 valence electrons. The van der Waals surface area contributed by atoms with Crippen LogP contribution in [0.25, 0.3) is 0 Å². The molecule has 1 aromatic rings. The van der Waals surface area contributed by atoms with Crippen LogP contribution in [0.5, 0.6) is 0 Å². The Labute approximate surface area is 148 Å². The Balaban J connectivity index is 2.08. The molecule has 0 spiro atoms. The summed E-state index contributed by atoms with van der Waals surface area (Å²) in [6.45, 7) is 1.87. The van der Waals surface area contributed by atoms with Gasteiger partial charge in [0.15, 0.2) is 0 Å². The summed E-state index contributed by atoms with van der Waals surface area (Å²) in [6.07, 6.45) is 4.17. The zero-order valence-corrected chi connectivity index (χ0v) is 15.4. The second-order valence-corrected chi connectivity index (χ2v) is 7.92. The number of likely N-dealkylation sites (N-methyl/N-ethyl adjacent to an activating group) is 1. The molecular formula is C17H25N3O4S. The molecule has 0 saturated heterocycles. The van der Waals surface area contributed by atoms with Crippen molar-refractivity contribution in [3.8, 4) is 0 Å². The first-order valence-electron chi connectivity index (χ1n) is 8.52. The van der Waals surface area contributed by atoms with Crippen molar-refractivity contribution in [3.05, 3.63) is 29.8 Å². The third-order valence-corrected chi connectivity index (χ3v) is 5.79. The molecule has 0 heterocycles. The quantitative estimate of drug-likeness (QED) is 0.641. The van der Waals surface area contributed by atoms with Crippen LogP contribution in [0.3, 0.4) is 0 Å². The van der Waals surface area contributed by atoms with E-state index in [1.807, 2.05) is 6.92 Å². The summed E-state index contributed by atoms with van der Waals surface area (Å²) in [5, 5.41) is 5.36. The third kappa shape index (κ3) is 5.02. The van der Waals surface area contributed by atoms with E-state index in [1.54, 1.807) is 0 Å². The summed E-state index contributed by atoms with van der Waals surface area (Å²) >= 11 is 0. The number of nitrogens with one attached hydrogen (secondary N) is 3. The minimum atomic E-state index is -3.84. The van der Waals surface area contributed by atoms with Gasteiger partial charge in [0.25, 0.3) is 5.91 Å². The van der Waals surface area contributed by atoms with Crippen molar-refractivity contribution < 1.29 is 18.0 Å². The van der Waals surface area contributed by atoms with E-state index in [0.717, 1.165) is 19.3 Å². The van der Waals surface area contributed by atoms with Crippen LogP contribution < -0.4 is 15.4 Å². The zero-order chi connectivity index (χ0) is 18.4. The first kappa shape index (κ1) is 19.4. The number of sulfonamides is 1. The first-order chi connectivity index (χ1) is 11.9. The van der Waals surface area contributed by atoms with Gasteiger partial charge in [0.1, 0.15) is 6.04 Å². The van der Waals surface area contributed by atoms with E-state index in [4.69, 9.17) is 0 Å². The molecule has 1 aromatic carbocycles. The molecule has 1 aliphatic carbocycles. The van der Waals surface area contributed by atoms with Crippen molar-refractivity contribution >= 4 is 21.8 Å². The Morgan fingerprint density at radius 2 is 1.84 bits per heavy atom. The molecule has 2 amide bonds. The van der Waals surface area contributed by atoms with Gasteiger partial charge in [-0.3, -0.25) is 9.59 Å². The summed E-state index contributed by atoms with van der Waals surface area (Å²) < 4.78 is 27.3. The molecule has 1 fully saturated rings. The van der Waals surface area contributed by atoms with Gasteiger partial charge in [-0.2, -0.15) is 4.72 Å². The van der Waals surface area contributed by atoms with E-state index in [9.17, 15) is 18.0 Å². The number of hydrogen-bond donors (Lipinski definition) is 3. The summed E-state index contributed by atoms with van der Waals surface area (Å²) in [7, 11) is -2.37. The van der Waals surface area contributed by atoms with Crippen LogP contribution in [0.4, 0.5) is 0 Å². The second kappa shape index (κ2) is 8.44. The zero-order valence-electron chi connectivity index (χ0n) is 14.5. The largest absolute Gasteiger partial charge is 0.358 e. The molecule has 1 atom stereocenters. The molecule has 1 aliphatic rings. The van der Waals surface area contributed by atoms with E-state index >= 15 is 0 Å². The maximum absolute atomic E-state index is 12.5. The molecule has 0 aromatic heterocycles. The van der Waals surface area contributed by atoms with Crippen LogP contribution in [0, 0.1) is 0 Å². The summed E-state index contributed by atoms with van der Waals surface area (Å²) in [5.41, 5.74) is 0.419. The van der Waals surface area contributed by atoms with Crippen molar-refractivity contribution in [2.45, 2.75) is 56.0 Å². The average Bonchev–Trinajstić information content (AvgIpc) is 2.56. The normalized spacial score (nSPS) is 15.9. The number of carbonyl (C=O) groups excluding carboxylic acids is 2. The lowest BCUT2D eigenvalue weighted by Crippen LogP contribution is -2.45. The van der Waals surface area contributed by atoms with E-state index in [2.05, 4.69) is 15.4 Å². The highest BCUT2D eigenvalue weighted by atomic mass is 32.2. The van der Waals surface area contributed by atoms with Crippen LogP contribution in [-0.2, 0) is 14.8 Å². The van der Waals surface area contributed by atoms with Gasteiger partial charge in [0.2, 0.25) is 15.9 Å². The van der Waals surface area contributed by atoms with Gasteiger partial charge in [-0.25, -0.2) is 8.42 Å². The van der Waals surface area contributed by atoms with Gasteiger partial charge in [0.05, 0.1) is 4.90 Å². The topological polar surface area (TPSA) is 104 Å². The van der Waals surface area contributed by atoms with Crippen molar-refractivity contribution in [1.82, 2.24) is 15.4 Å². The number of carbonyl (C=O) groups is 2. The van der Waals surface area contributed by atoms with Crippen molar-refractivity contribution in [2.75, 3.05) is 7.05 Å². The highest BCUT2D eigenvalue weighted by Crippen LogP contribution is 2.19. The third-order valence-electron chi connectivity index (χ3n) is 4.30. The predicted octanol–water partition coefficient (Wildman–Crippen LogP) is 1.16. The Morgan fingerprint density at radius 3 is 2.32 bits per heavy atom. The minimum Gasteiger partial charge on any atom is -0.358 e. The highest BCUT2D eigenvalue weighted by Gasteiger charge is 2.25. The lowest BCUT2D eigenvalue weighted by atomic mass is 9.93. The molecule has 7 nitrogen and oxygen atoms in total. The summed E-state index contributed by atoms with van der Waals surface area (Å²) in [6, 6.07) is 5.13. The van der Waals surface area contributed by atoms with Crippen LogP contribution in [0.2, 0.25) is 0 Å². The maximum atomic E-state index is 12.5. The second-order valence-electron chi connectivity index (χ2n) is 6.20. The molecule has 2 rings (SSSR count). The highest BCUT2D eigenvalue weighted by molar-refractivity contribution is 7.89. The molecule has 0 unspecified atom stereocenters. The smallest absolute Gasteiger partial charge is 0.251 e. The van der Waals surface area contributed by atoms with Gasteiger partial charge < -0.3 is 10.6 Å². The fourth-order valence-electron chi connectivity index (χ4n) is 2.57. The summed E-state index contributed by atoms with van der Waals surface area (Å²) in [5.74, 6) is -0.572. The minimum absolute atomic E-state index is 0.0256. The van der Waals surface area contributed by atoms with Gasteiger partial charge >= 0.3 is 0 Å². The van der Waals surface area contributed by atoms with Gasteiger partial charge in [-0.1, -0.05) is 13.3 Å². The van der Waals surface area contributed by atoms with Crippen LogP contribution in [0.15, 0.2) is 29.2 Å². The Bertz CT molecular complexity index is 712. The number of hydrogen-bond acceptors (Lipinski definition) is 4. The monoisotopic (exact) mass is 367 g/mol. The standard InChI is InChI=1S/C17H25N3O4S/c1-3-5-15(17(22)18-2)20-25(23,24)14-10-8-12(9-11-14)16(21)19-13-6-4-7-13/h8-11,13,15,20H,3-7H2,1-2H3,(H,18,22)(H,19,21)/t15-/m1/s1. The van der Waals surface area contributed by atoms with Crippen LogP contribution >= 0.6 is 0 Å². The maximum Gasteiger partial charge on any atom is 0.251 e. The van der Waals surface area contributed by atoms with E-state index in [0.29, 0.717) is 18.4 Å². The fourth-order valence-corrected chi connectivity index (χ4v) is 3.80. The van der Waals surface area contributed by atoms with Gasteiger partial charge in [-0.05, 0) is 49.9 Å². The SMILES string of the molecule is CCC[C@@H](NS(=O)(=O)c1ccc(C(=O)NC2CCC2)cc1)C(=O)NC. The molecule has 0 radical (unpaired) electrons. The summed E-state index contributed by atoms with van der Waals surface area (Å²) in [4.78, 5) is 23.9. The Kier molecular flexibility index (Phi) is 6.55. The Hall–Kier alpha value is -1.93. The van der Waals surface area contributed by atoms with Crippen molar-refractivity contribution in [2.24, 2.45) is 0 Å². The lowest BCUT2D eigenvalue weighted by Gasteiger charge is -2.26. The first-order valence-corrected chi connectivity index (χ1v) is 10.0. The van der Waals surface area contributed by atoms with Gasteiger partial charge in [0, 0.05) is 18.7 Å². The number of rotatable bonds is 8. The number of benzene rings is 1. The van der Waals surface area contributed by atoms with Gasteiger partial charge in [-0.15, -0.1) is 0 Å². The molecular weight excluding hydrogens is 342 g/mol. The Morgan fingerprint density at radius 1 is 1.20 bits per heavy atom. The van der Waals surface area contributed by atoms with E-state index in [-0.39, 0.29) is 22.8 Å². The van der Waals surface area contributed by atoms with Crippen LogP contribution in [0.1, 0.15) is 49.4 Å². The van der Waals surface area contributed by atoms with Crippen LogP contribution in [-0.4, -0.2) is 39.4 Å². The molecule has 25 heavy (non-hydrogen) atoms. The molecule has 1 saturated carbocycles. The molecule has 3 N–H and O–H groups in total. The molecule has 8 heteroatoms. The average molecular weight is 367 g/mol. The molecule has 0 bridgehead atoms. The number of amides is 2. The van der Waals surface area contributed by atoms with E-state index in [1.165, 1.54) is 31.3 Å². The van der Waals surface area contributed by atoms with Crippen molar-refractivity contribution in [3.63, 3.8) is 0 Å². The predicted molar refractivity (Wildman–Crippen MR) is 94.6 cm³/mol. The van der Waals surface area contributed by atoms with Crippen molar-refractivity contribution in [1.29, 1.82) is 0 Å². The molecule has 0 aliphatic heterocycles. The fraction of sp³-hybridized carbons (Fsp3) is 0.529. The van der Waals surface area contributed by atoms with E-state index < -0.39 is 16.1 Å². The lowest BCUT2D eigenvalue weighted by molar-refractivity contribution is -0.122.